The zero-order valence-electron chi connectivity index (χ0n) is 9.67. The molecule has 0 radical (unpaired) electrons. The zero-order chi connectivity index (χ0) is 12.0. The molecule has 0 N–H and O–H groups in total. The van der Waals surface area contributed by atoms with Gasteiger partial charge in [0.2, 0.25) is 0 Å². The first-order valence-electron chi connectivity index (χ1n) is 5.32. The first kappa shape index (κ1) is 13.8. The molecule has 0 amide bonds. The fraction of sp³-hybridized carbons (Fsp3) is 0.500. The first-order valence-corrected chi connectivity index (χ1v) is 6.65. The Balaban J connectivity index is 2.70. The van der Waals surface area contributed by atoms with E-state index in [2.05, 4.69) is 40.0 Å². The molecule has 0 saturated carbocycles. The molecule has 0 spiro atoms. The highest BCUT2D eigenvalue weighted by Crippen LogP contribution is 2.25. The molecule has 0 unspecified atom stereocenters. The monoisotopic (exact) mass is 305 g/mol. The molecule has 16 heavy (non-hydrogen) atoms. The lowest BCUT2D eigenvalue weighted by Crippen LogP contribution is -2.23. The molecule has 0 aromatic heterocycles. The van der Waals surface area contributed by atoms with E-state index < -0.39 is 0 Å². The number of nitrogens with zero attached hydrogens (tertiary/aromatic N) is 1. The quantitative estimate of drug-likeness (QED) is 0.587. The van der Waals surface area contributed by atoms with Crippen molar-refractivity contribution >= 4 is 33.2 Å². The van der Waals surface area contributed by atoms with Crippen LogP contribution in [0.5, 0.6) is 0 Å². The molecule has 1 rings (SSSR count). The molecule has 0 aliphatic carbocycles. The Hall–Kier alpha value is -0.250. The summed E-state index contributed by atoms with van der Waals surface area (Å²) in [6, 6.07) is 6.16. The Morgan fingerprint density at radius 3 is 2.81 bits per heavy atom. The molecule has 90 valence electrons. The number of hydrogen-bond donors (Lipinski definition) is 0. The molecular weight excluding hydrogens is 289 g/mol. The average molecular weight is 307 g/mol. The van der Waals surface area contributed by atoms with Gasteiger partial charge in [0.15, 0.2) is 0 Å². The van der Waals surface area contributed by atoms with Gasteiger partial charge in [-0.25, -0.2) is 0 Å². The number of likely N-dealkylation sites (N-methyl/N-ethyl adjacent to an activating group) is 1. The summed E-state index contributed by atoms with van der Waals surface area (Å²) in [4.78, 5) is 2.17. The van der Waals surface area contributed by atoms with E-state index in [1.807, 2.05) is 13.0 Å². The first-order chi connectivity index (χ1) is 7.69. The van der Waals surface area contributed by atoms with Crippen molar-refractivity contribution in [3.63, 3.8) is 0 Å². The fourth-order valence-corrected chi connectivity index (χ4v) is 2.12. The summed E-state index contributed by atoms with van der Waals surface area (Å²) < 4.78 is 6.40. The summed E-state index contributed by atoms with van der Waals surface area (Å²) in [7, 11) is 2.05. The zero-order valence-corrected chi connectivity index (χ0v) is 12.0. The van der Waals surface area contributed by atoms with E-state index in [0.29, 0.717) is 5.88 Å². The summed E-state index contributed by atoms with van der Waals surface area (Å²) in [5, 5.41) is 0. The molecular formula is C12H17BrClNO. The van der Waals surface area contributed by atoms with Gasteiger partial charge < -0.3 is 9.64 Å². The SMILES string of the molecule is CCOCCN(C)c1ccc(Br)cc1CCl. The second-order valence-corrected chi connectivity index (χ2v) is 4.71. The van der Waals surface area contributed by atoms with Crippen LogP contribution in [-0.4, -0.2) is 26.8 Å². The Labute approximate surface area is 111 Å². The normalized spacial score (nSPS) is 10.5. The Morgan fingerprint density at radius 1 is 1.44 bits per heavy atom. The molecule has 1 aromatic carbocycles. The minimum atomic E-state index is 0.522. The minimum absolute atomic E-state index is 0.522. The number of ether oxygens (including phenoxy) is 1. The molecule has 4 heteroatoms. The van der Waals surface area contributed by atoms with Crippen LogP contribution >= 0.6 is 27.5 Å². The van der Waals surface area contributed by atoms with Gasteiger partial charge in [-0.1, -0.05) is 15.9 Å². The Bertz CT molecular complexity index is 333. The van der Waals surface area contributed by atoms with E-state index in [9.17, 15) is 0 Å². The summed E-state index contributed by atoms with van der Waals surface area (Å²) in [5.74, 6) is 0.522. The van der Waals surface area contributed by atoms with Crippen LogP contribution in [-0.2, 0) is 10.6 Å². The highest BCUT2D eigenvalue weighted by Gasteiger charge is 2.07. The number of alkyl halides is 1. The maximum atomic E-state index is 5.93. The smallest absolute Gasteiger partial charge is 0.0641 e. The third-order valence-electron chi connectivity index (χ3n) is 2.37. The predicted molar refractivity (Wildman–Crippen MR) is 73.5 cm³/mol. The Kier molecular flexibility index (Phi) is 6.17. The molecule has 1 aromatic rings. The summed E-state index contributed by atoms with van der Waals surface area (Å²) in [6.07, 6.45) is 0. The summed E-state index contributed by atoms with van der Waals surface area (Å²) >= 11 is 9.38. The average Bonchev–Trinajstić information content (AvgIpc) is 2.29. The van der Waals surface area contributed by atoms with Crippen LogP contribution in [0, 0.1) is 0 Å². The van der Waals surface area contributed by atoms with Gasteiger partial charge in [0.1, 0.15) is 0 Å². The van der Waals surface area contributed by atoms with Crippen molar-refractivity contribution in [1.29, 1.82) is 0 Å². The van der Waals surface area contributed by atoms with Gasteiger partial charge in [-0.05, 0) is 30.7 Å². The van der Waals surface area contributed by atoms with Crippen molar-refractivity contribution < 1.29 is 4.74 Å². The highest BCUT2D eigenvalue weighted by molar-refractivity contribution is 9.10. The van der Waals surface area contributed by atoms with Crippen molar-refractivity contribution in [2.24, 2.45) is 0 Å². The van der Waals surface area contributed by atoms with Gasteiger partial charge in [0.05, 0.1) is 6.61 Å². The molecule has 0 aliphatic heterocycles. The van der Waals surface area contributed by atoms with Gasteiger partial charge in [0.25, 0.3) is 0 Å². The van der Waals surface area contributed by atoms with Crippen LogP contribution in [0.1, 0.15) is 12.5 Å². The van der Waals surface area contributed by atoms with Crippen molar-refractivity contribution in [1.82, 2.24) is 0 Å². The Morgan fingerprint density at radius 2 is 2.19 bits per heavy atom. The van der Waals surface area contributed by atoms with Crippen LogP contribution in [0.2, 0.25) is 0 Å². The minimum Gasteiger partial charge on any atom is -0.380 e. The fourth-order valence-electron chi connectivity index (χ4n) is 1.50. The van der Waals surface area contributed by atoms with Gasteiger partial charge in [0, 0.05) is 36.2 Å². The second kappa shape index (κ2) is 7.15. The van der Waals surface area contributed by atoms with Crippen LogP contribution in [0.3, 0.4) is 0 Å². The van der Waals surface area contributed by atoms with Gasteiger partial charge in [-0.15, -0.1) is 11.6 Å². The second-order valence-electron chi connectivity index (χ2n) is 3.53. The predicted octanol–water partition coefficient (Wildman–Crippen LogP) is 3.66. The molecule has 0 heterocycles. The lowest BCUT2D eigenvalue weighted by Gasteiger charge is -2.22. The van der Waals surface area contributed by atoms with E-state index in [4.69, 9.17) is 16.3 Å². The van der Waals surface area contributed by atoms with Gasteiger partial charge in [-0.3, -0.25) is 0 Å². The topological polar surface area (TPSA) is 12.5 Å². The van der Waals surface area contributed by atoms with Crippen molar-refractivity contribution in [3.05, 3.63) is 28.2 Å². The standard InChI is InChI=1S/C12H17BrClNO/c1-3-16-7-6-15(2)12-5-4-11(13)8-10(12)9-14/h4-5,8H,3,6-7,9H2,1-2H3. The third-order valence-corrected chi connectivity index (χ3v) is 3.15. The molecule has 0 fully saturated rings. The van der Waals surface area contributed by atoms with Crippen molar-refractivity contribution in [2.75, 3.05) is 31.7 Å². The lowest BCUT2D eigenvalue weighted by atomic mass is 10.2. The number of anilines is 1. The van der Waals surface area contributed by atoms with Crippen LogP contribution in [0.25, 0.3) is 0 Å². The summed E-state index contributed by atoms with van der Waals surface area (Å²) in [6.45, 7) is 4.38. The van der Waals surface area contributed by atoms with E-state index in [1.54, 1.807) is 0 Å². The maximum absolute atomic E-state index is 5.93. The van der Waals surface area contributed by atoms with Gasteiger partial charge in [-0.2, -0.15) is 0 Å². The largest absolute Gasteiger partial charge is 0.380 e. The number of hydrogen-bond acceptors (Lipinski definition) is 2. The molecule has 2 nitrogen and oxygen atoms in total. The summed E-state index contributed by atoms with van der Waals surface area (Å²) in [5.41, 5.74) is 2.30. The van der Waals surface area contributed by atoms with E-state index in [0.717, 1.165) is 35.5 Å². The van der Waals surface area contributed by atoms with E-state index >= 15 is 0 Å². The number of benzene rings is 1. The lowest BCUT2D eigenvalue weighted by molar-refractivity contribution is 0.154. The van der Waals surface area contributed by atoms with Crippen molar-refractivity contribution in [3.8, 4) is 0 Å². The highest BCUT2D eigenvalue weighted by atomic mass is 79.9. The molecule has 0 atom stereocenters. The number of rotatable bonds is 6. The van der Waals surface area contributed by atoms with Crippen LogP contribution in [0.15, 0.2) is 22.7 Å². The van der Waals surface area contributed by atoms with Gasteiger partial charge >= 0.3 is 0 Å². The van der Waals surface area contributed by atoms with E-state index in [1.165, 1.54) is 0 Å². The molecule has 0 saturated heterocycles. The third kappa shape index (κ3) is 3.96. The number of halogens is 2. The molecule has 0 bridgehead atoms. The maximum Gasteiger partial charge on any atom is 0.0641 e. The van der Waals surface area contributed by atoms with E-state index in [-0.39, 0.29) is 0 Å². The molecule has 0 aliphatic rings. The van der Waals surface area contributed by atoms with Crippen LogP contribution in [0.4, 0.5) is 5.69 Å². The van der Waals surface area contributed by atoms with Crippen LogP contribution < -0.4 is 4.90 Å². The van der Waals surface area contributed by atoms with Crippen molar-refractivity contribution in [2.45, 2.75) is 12.8 Å².